The van der Waals surface area contributed by atoms with Crippen molar-refractivity contribution in [3.63, 3.8) is 0 Å². The predicted octanol–water partition coefficient (Wildman–Crippen LogP) is 1.17. The Bertz CT molecular complexity index is 519. The molecule has 2 N–H and O–H groups in total. The van der Waals surface area contributed by atoms with E-state index in [1.54, 1.807) is 32.4 Å². The molecule has 1 aromatic heterocycles. The molecule has 0 amide bonds. The molecule has 22 heavy (non-hydrogen) atoms. The molecule has 1 spiro atoms. The van der Waals surface area contributed by atoms with Crippen LogP contribution in [0.15, 0.2) is 27.8 Å². The number of aliphatic hydroxyl groups is 1. The molecule has 6 heteroatoms. The summed E-state index contributed by atoms with van der Waals surface area (Å²) in [6, 6.07) is 3.56. The standard InChI is InChI=1S/C16H25N3O3/c1-15(20,13-4-3-8-22-13)10-18-14(17-2)19-7-5-16(11-19)6-9-21-12-16/h3-4,8,20H,5-7,9-12H2,1-2H3,(H,17,18). The summed E-state index contributed by atoms with van der Waals surface area (Å²) in [7, 11) is 1.78. The average Bonchev–Trinajstić information content (AvgIpc) is 3.24. The summed E-state index contributed by atoms with van der Waals surface area (Å²) in [4.78, 5) is 6.61. The van der Waals surface area contributed by atoms with E-state index in [9.17, 15) is 5.11 Å². The maximum Gasteiger partial charge on any atom is 0.193 e. The first kappa shape index (κ1) is 15.4. The Morgan fingerprint density at radius 2 is 2.41 bits per heavy atom. The second-order valence-corrected chi connectivity index (χ2v) is 6.63. The number of aliphatic imine (C=N–C) groups is 1. The minimum atomic E-state index is -1.06. The molecule has 6 nitrogen and oxygen atoms in total. The van der Waals surface area contributed by atoms with E-state index in [1.165, 1.54) is 0 Å². The lowest BCUT2D eigenvalue weighted by Crippen LogP contribution is -2.46. The van der Waals surface area contributed by atoms with Gasteiger partial charge in [-0.1, -0.05) is 0 Å². The molecular formula is C16H25N3O3. The summed E-state index contributed by atoms with van der Waals surface area (Å²) in [6.07, 6.45) is 3.84. The van der Waals surface area contributed by atoms with Gasteiger partial charge in [-0.3, -0.25) is 4.99 Å². The van der Waals surface area contributed by atoms with Gasteiger partial charge >= 0.3 is 0 Å². The second-order valence-electron chi connectivity index (χ2n) is 6.63. The Morgan fingerprint density at radius 1 is 1.55 bits per heavy atom. The van der Waals surface area contributed by atoms with E-state index < -0.39 is 5.60 Å². The highest BCUT2D eigenvalue weighted by Gasteiger charge is 2.42. The van der Waals surface area contributed by atoms with Crippen LogP contribution >= 0.6 is 0 Å². The van der Waals surface area contributed by atoms with Crippen LogP contribution < -0.4 is 5.32 Å². The molecule has 2 atom stereocenters. The largest absolute Gasteiger partial charge is 0.466 e. The summed E-state index contributed by atoms with van der Waals surface area (Å²) in [5, 5.41) is 13.8. The molecule has 2 unspecified atom stereocenters. The third kappa shape index (κ3) is 2.98. The molecule has 2 aliphatic heterocycles. The van der Waals surface area contributed by atoms with E-state index in [0.29, 0.717) is 17.7 Å². The van der Waals surface area contributed by atoms with Crippen molar-refractivity contribution in [2.75, 3.05) is 39.9 Å². The first-order valence-electron chi connectivity index (χ1n) is 7.84. The number of furan rings is 1. The van der Waals surface area contributed by atoms with Crippen LogP contribution in [0, 0.1) is 5.41 Å². The number of likely N-dealkylation sites (tertiary alicyclic amines) is 1. The molecule has 0 bridgehead atoms. The van der Waals surface area contributed by atoms with Crippen molar-refractivity contribution < 1.29 is 14.3 Å². The van der Waals surface area contributed by atoms with Gasteiger partial charge in [0.25, 0.3) is 0 Å². The maximum atomic E-state index is 10.5. The van der Waals surface area contributed by atoms with Crippen molar-refractivity contribution in [1.82, 2.24) is 10.2 Å². The molecule has 2 aliphatic rings. The number of ether oxygens (including phenoxy) is 1. The summed E-state index contributed by atoms with van der Waals surface area (Å²) < 4.78 is 10.9. The van der Waals surface area contributed by atoms with Gasteiger partial charge in [0.2, 0.25) is 0 Å². The minimum Gasteiger partial charge on any atom is -0.466 e. The van der Waals surface area contributed by atoms with Crippen LogP contribution in [-0.4, -0.2) is 55.9 Å². The minimum absolute atomic E-state index is 0.293. The molecule has 2 fully saturated rings. The van der Waals surface area contributed by atoms with Crippen LogP contribution in [0.2, 0.25) is 0 Å². The Kier molecular flexibility index (Phi) is 4.14. The Balaban J connectivity index is 1.59. The summed E-state index contributed by atoms with van der Waals surface area (Å²) in [5.74, 6) is 1.38. The zero-order valence-electron chi connectivity index (χ0n) is 13.3. The van der Waals surface area contributed by atoms with Gasteiger partial charge in [0.15, 0.2) is 5.96 Å². The lowest BCUT2D eigenvalue weighted by atomic mass is 9.87. The fraction of sp³-hybridized carbons (Fsp3) is 0.688. The van der Waals surface area contributed by atoms with Gasteiger partial charge in [-0.05, 0) is 31.9 Å². The van der Waals surface area contributed by atoms with E-state index in [2.05, 4.69) is 15.2 Å². The van der Waals surface area contributed by atoms with E-state index in [1.807, 2.05) is 0 Å². The van der Waals surface area contributed by atoms with Crippen molar-refractivity contribution in [2.24, 2.45) is 10.4 Å². The van der Waals surface area contributed by atoms with E-state index in [0.717, 1.165) is 45.1 Å². The molecule has 3 rings (SSSR count). The van der Waals surface area contributed by atoms with Crippen molar-refractivity contribution in [3.8, 4) is 0 Å². The third-order valence-electron chi connectivity index (χ3n) is 4.78. The van der Waals surface area contributed by atoms with Crippen molar-refractivity contribution >= 4 is 5.96 Å². The molecule has 1 aromatic rings. The van der Waals surface area contributed by atoms with Crippen LogP contribution in [0.25, 0.3) is 0 Å². The van der Waals surface area contributed by atoms with Gasteiger partial charge in [0, 0.05) is 32.2 Å². The van der Waals surface area contributed by atoms with Crippen molar-refractivity contribution in [3.05, 3.63) is 24.2 Å². The number of hydrogen-bond acceptors (Lipinski definition) is 4. The van der Waals surface area contributed by atoms with E-state index >= 15 is 0 Å². The van der Waals surface area contributed by atoms with Crippen LogP contribution in [0.4, 0.5) is 0 Å². The van der Waals surface area contributed by atoms with Gasteiger partial charge in [-0.2, -0.15) is 0 Å². The van der Waals surface area contributed by atoms with Crippen LogP contribution in [0.5, 0.6) is 0 Å². The molecule has 0 radical (unpaired) electrons. The van der Waals surface area contributed by atoms with Gasteiger partial charge in [-0.25, -0.2) is 0 Å². The van der Waals surface area contributed by atoms with Gasteiger partial charge in [0.05, 0.1) is 19.4 Å². The zero-order chi connectivity index (χ0) is 15.6. The number of nitrogens with zero attached hydrogens (tertiary/aromatic N) is 2. The van der Waals surface area contributed by atoms with Crippen molar-refractivity contribution in [2.45, 2.75) is 25.4 Å². The van der Waals surface area contributed by atoms with Crippen molar-refractivity contribution in [1.29, 1.82) is 0 Å². The third-order valence-corrected chi connectivity index (χ3v) is 4.78. The zero-order valence-corrected chi connectivity index (χ0v) is 13.3. The van der Waals surface area contributed by atoms with Gasteiger partial charge in [0.1, 0.15) is 11.4 Å². The average molecular weight is 307 g/mol. The Labute approximate surface area is 131 Å². The lowest BCUT2D eigenvalue weighted by molar-refractivity contribution is 0.0380. The normalized spacial score (nSPS) is 28.3. The molecular weight excluding hydrogens is 282 g/mol. The Hall–Kier alpha value is -1.53. The smallest absolute Gasteiger partial charge is 0.193 e. The summed E-state index contributed by atoms with van der Waals surface area (Å²) in [6.45, 7) is 5.76. The van der Waals surface area contributed by atoms with Gasteiger partial charge < -0.3 is 24.5 Å². The number of rotatable bonds is 3. The number of guanidine groups is 1. The quantitative estimate of drug-likeness (QED) is 0.648. The lowest BCUT2D eigenvalue weighted by Gasteiger charge is -2.28. The SMILES string of the molecule is CN=C(NCC(C)(O)c1ccco1)N1CCC2(CCOC2)C1. The summed E-state index contributed by atoms with van der Waals surface area (Å²) in [5.41, 5.74) is -0.769. The van der Waals surface area contributed by atoms with E-state index in [-0.39, 0.29) is 0 Å². The molecule has 0 aliphatic carbocycles. The highest BCUT2D eigenvalue weighted by atomic mass is 16.5. The highest BCUT2D eigenvalue weighted by molar-refractivity contribution is 5.80. The summed E-state index contributed by atoms with van der Waals surface area (Å²) >= 11 is 0. The maximum absolute atomic E-state index is 10.5. The monoisotopic (exact) mass is 307 g/mol. The predicted molar refractivity (Wildman–Crippen MR) is 83.7 cm³/mol. The van der Waals surface area contributed by atoms with Crippen LogP contribution in [0.1, 0.15) is 25.5 Å². The molecule has 0 saturated carbocycles. The fourth-order valence-corrected chi connectivity index (χ4v) is 3.34. The number of nitrogens with one attached hydrogen (secondary N) is 1. The van der Waals surface area contributed by atoms with Crippen LogP contribution in [0.3, 0.4) is 0 Å². The molecule has 0 aromatic carbocycles. The molecule has 122 valence electrons. The highest BCUT2D eigenvalue weighted by Crippen LogP contribution is 2.38. The first-order valence-corrected chi connectivity index (χ1v) is 7.84. The first-order chi connectivity index (χ1) is 10.5. The van der Waals surface area contributed by atoms with E-state index in [4.69, 9.17) is 9.15 Å². The number of hydrogen-bond donors (Lipinski definition) is 2. The molecule has 3 heterocycles. The fourth-order valence-electron chi connectivity index (χ4n) is 3.34. The van der Waals surface area contributed by atoms with Crippen LogP contribution in [-0.2, 0) is 10.3 Å². The topological polar surface area (TPSA) is 70.2 Å². The molecule has 2 saturated heterocycles. The van der Waals surface area contributed by atoms with Gasteiger partial charge in [-0.15, -0.1) is 0 Å². The second kappa shape index (κ2) is 5.93. The Morgan fingerprint density at radius 3 is 3.05 bits per heavy atom.